The number of methoxy groups -OCH3 is 2. The van der Waals surface area contributed by atoms with Crippen LogP contribution in [0.15, 0.2) is 66.7 Å². The first-order valence-electron chi connectivity index (χ1n) is 11.5. The lowest BCUT2D eigenvalue weighted by atomic mass is 9.81. The van der Waals surface area contributed by atoms with Crippen molar-refractivity contribution in [1.29, 1.82) is 0 Å². The van der Waals surface area contributed by atoms with E-state index in [1.807, 2.05) is 50.2 Å². The molecular weight excluding hydrogens is 458 g/mol. The van der Waals surface area contributed by atoms with Crippen molar-refractivity contribution in [3.63, 3.8) is 0 Å². The number of aryl methyl sites for hydroxylation is 2. The molecule has 4 rings (SSSR count). The third kappa shape index (κ3) is 4.49. The molecule has 0 bridgehead atoms. The Hall–Kier alpha value is -4.33. The van der Waals surface area contributed by atoms with Gasteiger partial charge in [-0.2, -0.15) is 0 Å². The summed E-state index contributed by atoms with van der Waals surface area (Å²) in [5, 5.41) is 5.65. The molecule has 1 atom stereocenters. The predicted octanol–water partition coefficient (Wildman–Crippen LogP) is 3.43. The van der Waals surface area contributed by atoms with Crippen LogP contribution >= 0.6 is 0 Å². The molecule has 8 heteroatoms. The van der Waals surface area contributed by atoms with Crippen molar-refractivity contribution in [2.75, 3.05) is 20.8 Å². The van der Waals surface area contributed by atoms with Crippen molar-refractivity contribution in [2.24, 2.45) is 0 Å². The number of urea groups is 1. The van der Waals surface area contributed by atoms with Crippen molar-refractivity contribution in [3.8, 4) is 11.5 Å². The summed E-state index contributed by atoms with van der Waals surface area (Å²) < 4.78 is 10.5. The van der Waals surface area contributed by atoms with Gasteiger partial charge < -0.3 is 20.1 Å². The lowest BCUT2D eigenvalue weighted by molar-refractivity contribution is -0.134. The minimum absolute atomic E-state index is 0.198. The number of amides is 4. The van der Waals surface area contributed by atoms with E-state index >= 15 is 0 Å². The van der Waals surface area contributed by atoms with Crippen molar-refractivity contribution in [2.45, 2.75) is 25.9 Å². The van der Waals surface area contributed by atoms with Crippen LogP contribution in [0.4, 0.5) is 4.79 Å². The number of hydrogen-bond donors (Lipinski definition) is 2. The van der Waals surface area contributed by atoms with E-state index in [0.717, 1.165) is 21.6 Å². The van der Waals surface area contributed by atoms with E-state index in [-0.39, 0.29) is 6.54 Å². The van der Waals surface area contributed by atoms with Crippen LogP contribution in [0.25, 0.3) is 0 Å². The van der Waals surface area contributed by atoms with Crippen molar-refractivity contribution in [1.82, 2.24) is 15.5 Å². The smallest absolute Gasteiger partial charge is 0.326 e. The quantitative estimate of drug-likeness (QED) is 0.475. The Morgan fingerprint density at radius 1 is 0.889 bits per heavy atom. The topological polar surface area (TPSA) is 97.0 Å². The molecule has 0 spiro atoms. The Balaban J connectivity index is 1.56. The molecule has 2 N–H and O–H groups in total. The van der Waals surface area contributed by atoms with Gasteiger partial charge in [0.1, 0.15) is 6.54 Å². The Morgan fingerprint density at radius 2 is 1.61 bits per heavy atom. The first-order valence-corrected chi connectivity index (χ1v) is 11.5. The van der Waals surface area contributed by atoms with E-state index in [1.165, 1.54) is 7.11 Å². The largest absolute Gasteiger partial charge is 0.493 e. The van der Waals surface area contributed by atoms with E-state index in [4.69, 9.17) is 9.47 Å². The molecule has 1 fully saturated rings. The van der Waals surface area contributed by atoms with Gasteiger partial charge in [0.2, 0.25) is 5.91 Å². The van der Waals surface area contributed by atoms with Crippen LogP contribution in [0.5, 0.6) is 11.5 Å². The van der Waals surface area contributed by atoms with E-state index in [0.29, 0.717) is 22.6 Å². The number of nitrogens with one attached hydrogen (secondary N) is 2. The van der Waals surface area contributed by atoms with Gasteiger partial charge in [0.15, 0.2) is 17.0 Å². The molecule has 3 aromatic carbocycles. The van der Waals surface area contributed by atoms with Gasteiger partial charge in [-0.1, -0.05) is 54.6 Å². The molecule has 0 unspecified atom stereocenters. The average Bonchev–Trinajstić information content (AvgIpc) is 3.15. The molecule has 4 amide bonds. The molecule has 3 aromatic rings. The summed E-state index contributed by atoms with van der Waals surface area (Å²) in [6.07, 6.45) is 0. The van der Waals surface area contributed by atoms with E-state index in [9.17, 15) is 14.4 Å². The third-order valence-electron chi connectivity index (χ3n) is 6.49. The Kier molecular flexibility index (Phi) is 6.96. The molecule has 186 valence electrons. The molecular formula is C28H29N3O5. The summed E-state index contributed by atoms with van der Waals surface area (Å²) in [6, 6.07) is 19.4. The highest BCUT2D eigenvalue weighted by atomic mass is 16.5. The normalized spacial score (nSPS) is 17.1. The fourth-order valence-corrected chi connectivity index (χ4v) is 4.33. The highest BCUT2D eigenvalue weighted by molar-refractivity contribution is 6.11. The highest BCUT2D eigenvalue weighted by Crippen LogP contribution is 2.36. The number of nitrogens with zero attached hydrogens (tertiary/aromatic N) is 1. The van der Waals surface area contributed by atoms with Gasteiger partial charge in [-0.3, -0.25) is 14.5 Å². The summed E-state index contributed by atoms with van der Waals surface area (Å²) in [4.78, 5) is 40.6. The SMILES string of the molecule is COc1ccc(CNC(=O)CN2C(=O)N[C@](c3ccccc3)(c3ccc(C)c(C)c3)C2=O)cc1OC. The van der Waals surface area contributed by atoms with Crippen LogP contribution in [0.3, 0.4) is 0 Å². The number of rotatable bonds is 8. The van der Waals surface area contributed by atoms with Crippen LogP contribution in [0.1, 0.15) is 27.8 Å². The molecule has 0 saturated carbocycles. The minimum Gasteiger partial charge on any atom is -0.493 e. The zero-order valence-corrected chi connectivity index (χ0v) is 20.8. The van der Waals surface area contributed by atoms with Gasteiger partial charge in [0.25, 0.3) is 5.91 Å². The van der Waals surface area contributed by atoms with Gasteiger partial charge in [-0.25, -0.2) is 4.79 Å². The Bertz CT molecular complexity index is 1310. The molecule has 0 radical (unpaired) electrons. The fraction of sp³-hybridized carbons (Fsp3) is 0.250. The van der Waals surface area contributed by atoms with E-state index in [2.05, 4.69) is 10.6 Å². The molecule has 1 heterocycles. The standard InChI is InChI=1S/C28H29N3O5/c1-18-10-12-22(14-19(18)2)28(21-8-6-5-7-9-21)26(33)31(27(34)30-28)17-25(32)29-16-20-11-13-23(35-3)24(15-20)36-4/h5-15H,16-17H2,1-4H3,(H,29,32)(H,30,34)/t28-/m1/s1. The van der Waals surface area contributed by atoms with E-state index < -0.39 is 29.9 Å². The predicted molar refractivity (Wildman–Crippen MR) is 135 cm³/mol. The number of benzene rings is 3. The average molecular weight is 488 g/mol. The monoisotopic (exact) mass is 487 g/mol. The number of ether oxygens (including phenoxy) is 2. The van der Waals surface area contributed by atoms with Crippen molar-refractivity contribution in [3.05, 3.63) is 94.5 Å². The number of imide groups is 1. The van der Waals surface area contributed by atoms with Crippen LogP contribution in [0, 0.1) is 13.8 Å². The Labute approximate surface area is 210 Å². The van der Waals surface area contributed by atoms with Crippen molar-refractivity contribution >= 4 is 17.8 Å². The summed E-state index contributed by atoms with van der Waals surface area (Å²) in [5.41, 5.74) is 2.71. The molecule has 1 saturated heterocycles. The third-order valence-corrected chi connectivity index (χ3v) is 6.49. The number of hydrogen-bond acceptors (Lipinski definition) is 5. The molecule has 1 aliphatic heterocycles. The van der Waals surface area contributed by atoms with Gasteiger partial charge in [-0.05, 0) is 53.8 Å². The maximum atomic E-state index is 13.8. The van der Waals surface area contributed by atoms with Gasteiger partial charge in [-0.15, -0.1) is 0 Å². The lowest BCUT2D eigenvalue weighted by Gasteiger charge is -2.28. The summed E-state index contributed by atoms with van der Waals surface area (Å²) in [5.74, 6) is 0.162. The molecule has 8 nitrogen and oxygen atoms in total. The van der Waals surface area contributed by atoms with Crippen LogP contribution < -0.4 is 20.1 Å². The van der Waals surface area contributed by atoms with E-state index in [1.54, 1.807) is 37.4 Å². The second-order valence-electron chi connectivity index (χ2n) is 8.70. The molecule has 1 aliphatic rings. The first kappa shape index (κ1) is 24.8. The summed E-state index contributed by atoms with van der Waals surface area (Å²) in [7, 11) is 3.08. The number of carbonyl (C=O) groups excluding carboxylic acids is 3. The molecule has 0 aliphatic carbocycles. The fourth-order valence-electron chi connectivity index (χ4n) is 4.33. The van der Waals surface area contributed by atoms with Gasteiger partial charge in [0.05, 0.1) is 14.2 Å². The number of carbonyl (C=O) groups is 3. The molecule has 0 aromatic heterocycles. The summed E-state index contributed by atoms with van der Waals surface area (Å²) >= 11 is 0. The Morgan fingerprint density at radius 3 is 2.28 bits per heavy atom. The summed E-state index contributed by atoms with van der Waals surface area (Å²) in [6.45, 7) is 3.73. The second kappa shape index (κ2) is 10.1. The maximum absolute atomic E-state index is 13.8. The highest BCUT2D eigenvalue weighted by Gasteiger charge is 2.54. The lowest BCUT2D eigenvalue weighted by Crippen LogP contribution is -2.46. The van der Waals surface area contributed by atoms with Crippen LogP contribution in [-0.4, -0.2) is 43.5 Å². The van der Waals surface area contributed by atoms with Crippen LogP contribution in [-0.2, 0) is 21.7 Å². The molecule has 36 heavy (non-hydrogen) atoms. The van der Waals surface area contributed by atoms with Gasteiger partial charge in [0, 0.05) is 6.54 Å². The minimum atomic E-state index is -1.42. The zero-order chi connectivity index (χ0) is 25.9. The zero-order valence-electron chi connectivity index (χ0n) is 20.8. The first-order chi connectivity index (χ1) is 17.3. The second-order valence-corrected chi connectivity index (χ2v) is 8.70. The van der Waals surface area contributed by atoms with Crippen molar-refractivity contribution < 1.29 is 23.9 Å². The maximum Gasteiger partial charge on any atom is 0.326 e. The van der Waals surface area contributed by atoms with Crippen LogP contribution in [0.2, 0.25) is 0 Å². The van der Waals surface area contributed by atoms with Gasteiger partial charge >= 0.3 is 6.03 Å².